The number of amides is 2. The lowest BCUT2D eigenvalue weighted by atomic mass is 10.0. The lowest BCUT2D eigenvalue weighted by Gasteiger charge is -2.30. The summed E-state index contributed by atoms with van der Waals surface area (Å²) in [5.74, 6) is 0.862. The molecule has 2 aromatic rings. The van der Waals surface area contributed by atoms with Crippen LogP contribution in [0.2, 0.25) is 0 Å². The fraction of sp³-hybridized carbons (Fsp3) is 0.483. The van der Waals surface area contributed by atoms with Crippen LogP contribution in [0.5, 0.6) is 5.75 Å². The Balaban J connectivity index is 1.17. The molecule has 7 heteroatoms. The number of nitrogens with zero attached hydrogens (tertiary/aromatic N) is 2. The highest BCUT2D eigenvalue weighted by Crippen LogP contribution is 2.42. The first-order valence-corrected chi connectivity index (χ1v) is 13.2. The molecule has 3 fully saturated rings. The van der Waals surface area contributed by atoms with Gasteiger partial charge in [-0.3, -0.25) is 9.59 Å². The Bertz CT molecular complexity index is 1080. The van der Waals surface area contributed by atoms with E-state index >= 15 is 0 Å². The lowest BCUT2D eigenvalue weighted by molar-refractivity contribution is -0.141. The first-order chi connectivity index (χ1) is 17.6. The molecule has 0 bridgehead atoms. The Morgan fingerprint density at radius 2 is 1.64 bits per heavy atom. The Labute approximate surface area is 212 Å². The molecule has 2 heterocycles. The second-order valence-corrected chi connectivity index (χ2v) is 9.97. The number of ether oxygens (including phenoxy) is 2. The number of para-hydroxylation sites is 1. The molecule has 1 saturated carbocycles. The van der Waals surface area contributed by atoms with Crippen LogP contribution >= 0.6 is 0 Å². The molecule has 36 heavy (non-hydrogen) atoms. The molecule has 2 amide bonds. The van der Waals surface area contributed by atoms with Crippen molar-refractivity contribution in [2.45, 2.75) is 63.6 Å². The third-order valence-electron chi connectivity index (χ3n) is 7.64. The molecule has 2 saturated heterocycles. The summed E-state index contributed by atoms with van der Waals surface area (Å²) in [6.45, 7) is 1.79. The summed E-state index contributed by atoms with van der Waals surface area (Å²) < 4.78 is 11.8. The van der Waals surface area contributed by atoms with Gasteiger partial charge < -0.3 is 19.3 Å². The average molecular weight is 491 g/mol. The summed E-state index contributed by atoms with van der Waals surface area (Å²) in [7, 11) is 0. The van der Waals surface area contributed by atoms with Crippen molar-refractivity contribution in [3.8, 4) is 5.75 Å². The first kappa shape index (κ1) is 24.3. The van der Waals surface area contributed by atoms with Crippen molar-refractivity contribution in [3.05, 3.63) is 65.7 Å². The van der Waals surface area contributed by atoms with Gasteiger partial charge in [-0.2, -0.15) is 0 Å². The van der Waals surface area contributed by atoms with Crippen LogP contribution in [0.4, 0.5) is 4.79 Å². The van der Waals surface area contributed by atoms with Gasteiger partial charge in [0.15, 0.2) is 12.0 Å². The zero-order valence-corrected chi connectivity index (χ0v) is 20.6. The van der Waals surface area contributed by atoms with Crippen LogP contribution in [0.1, 0.15) is 67.3 Å². The Kier molecular flexibility index (Phi) is 7.54. The van der Waals surface area contributed by atoms with Crippen LogP contribution in [0, 0.1) is 5.92 Å². The topological polar surface area (TPSA) is 76.1 Å². The molecule has 1 aliphatic carbocycles. The van der Waals surface area contributed by atoms with Gasteiger partial charge in [-0.15, -0.1) is 0 Å². The number of benzene rings is 2. The highest BCUT2D eigenvalue weighted by molar-refractivity contribution is 6.10. The van der Waals surface area contributed by atoms with Gasteiger partial charge in [0, 0.05) is 37.5 Å². The molecule has 0 radical (unpaired) electrons. The summed E-state index contributed by atoms with van der Waals surface area (Å²) in [6.07, 6.45) is 6.00. The van der Waals surface area contributed by atoms with Crippen LogP contribution in [0.3, 0.4) is 0 Å². The largest absolute Gasteiger partial charge is 0.493 e. The zero-order chi connectivity index (χ0) is 24.9. The molecule has 5 rings (SSSR count). The number of hydrogen-bond acceptors (Lipinski definition) is 5. The zero-order valence-electron chi connectivity index (χ0n) is 20.6. The van der Waals surface area contributed by atoms with Gasteiger partial charge in [0.25, 0.3) is 0 Å². The number of rotatable bonds is 8. The van der Waals surface area contributed by atoms with Crippen molar-refractivity contribution < 1.29 is 23.9 Å². The van der Waals surface area contributed by atoms with Crippen LogP contribution in [-0.4, -0.2) is 59.5 Å². The van der Waals surface area contributed by atoms with E-state index in [1.54, 1.807) is 29.2 Å². The van der Waals surface area contributed by atoms with Gasteiger partial charge in [0.05, 0.1) is 12.2 Å². The van der Waals surface area contributed by atoms with Crippen molar-refractivity contribution in [1.29, 1.82) is 0 Å². The number of fused-ring (bicyclic) bond motifs is 1. The molecular weight excluding hydrogens is 456 g/mol. The highest BCUT2D eigenvalue weighted by atomic mass is 16.6. The third-order valence-corrected chi connectivity index (χ3v) is 7.64. The van der Waals surface area contributed by atoms with E-state index in [-0.39, 0.29) is 23.8 Å². The minimum absolute atomic E-state index is 0.0147. The van der Waals surface area contributed by atoms with Crippen molar-refractivity contribution in [2.75, 3.05) is 19.7 Å². The fourth-order valence-electron chi connectivity index (χ4n) is 5.85. The second kappa shape index (κ2) is 11.1. The van der Waals surface area contributed by atoms with E-state index in [1.165, 1.54) is 0 Å². The summed E-state index contributed by atoms with van der Waals surface area (Å²) in [4.78, 5) is 42.4. The van der Waals surface area contributed by atoms with Gasteiger partial charge in [-0.05, 0) is 50.2 Å². The highest BCUT2D eigenvalue weighted by Gasteiger charge is 2.47. The van der Waals surface area contributed by atoms with E-state index in [1.807, 2.05) is 35.2 Å². The standard InChI is InChI=1S/C29H34N2O5/c32-26(31-24-14-8-12-22(24)20-27(31)36-29(34)30-17-6-7-18-30)16-9-19-35-25-15-5-4-13-23(25)28(33)21-10-2-1-3-11-21/h1-5,10-11,13,15,22,24,27H,6-9,12,14,16-20H2/t22-,24-,27-/m0/s1. The lowest BCUT2D eigenvalue weighted by Crippen LogP contribution is -2.45. The van der Waals surface area contributed by atoms with Crippen LogP contribution in [-0.2, 0) is 9.53 Å². The van der Waals surface area contributed by atoms with Crippen molar-refractivity contribution in [3.63, 3.8) is 0 Å². The SMILES string of the molecule is O=C(c1ccccc1)c1ccccc1OCCCC(=O)N1[C@@H](OC(=O)N2CCCC2)C[C@@H]2CCC[C@@H]21. The minimum Gasteiger partial charge on any atom is -0.493 e. The van der Waals surface area contributed by atoms with Crippen molar-refractivity contribution in [1.82, 2.24) is 9.80 Å². The quantitative estimate of drug-likeness (QED) is 0.383. The Morgan fingerprint density at radius 1 is 0.889 bits per heavy atom. The van der Waals surface area contributed by atoms with E-state index in [4.69, 9.17) is 9.47 Å². The summed E-state index contributed by atoms with van der Waals surface area (Å²) >= 11 is 0. The fourth-order valence-corrected chi connectivity index (χ4v) is 5.85. The molecule has 0 spiro atoms. The summed E-state index contributed by atoms with van der Waals surface area (Å²) in [5.41, 5.74) is 1.12. The molecule has 2 aromatic carbocycles. The van der Waals surface area contributed by atoms with Crippen LogP contribution < -0.4 is 4.74 Å². The maximum Gasteiger partial charge on any atom is 0.411 e. The smallest absolute Gasteiger partial charge is 0.411 e. The molecule has 190 valence electrons. The van der Waals surface area contributed by atoms with Crippen LogP contribution in [0.25, 0.3) is 0 Å². The molecule has 3 atom stereocenters. The summed E-state index contributed by atoms with van der Waals surface area (Å²) in [6, 6.07) is 16.5. The van der Waals surface area contributed by atoms with E-state index in [0.717, 1.165) is 51.6 Å². The van der Waals surface area contributed by atoms with Crippen molar-refractivity contribution in [2.24, 2.45) is 5.92 Å². The number of likely N-dealkylation sites (tertiary alicyclic amines) is 2. The van der Waals surface area contributed by atoms with Gasteiger partial charge in [0.1, 0.15) is 5.75 Å². The van der Waals surface area contributed by atoms with E-state index < -0.39 is 6.23 Å². The summed E-state index contributed by atoms with van der Waals surface area (Å²) in [5, 5.41) is 0. The van der Waals surface area contributed by atoms with Crippen molar-refractivity contribution >= 4 is 17.8 Å². The van der Waals surface area contributed by atoms with Gasteiger partial charge in [-0.1, -0.05) is 48.9 Å². The molecule has 7 nitrogen and oxygen atoms in total. The minimum atomic E-state index is -0.467. The predicted molar refractivity (Wildman–Crippen MR) is 135 cm³/mol. The monoisotopic (exact) mass is 490 g/mol. The molecule has 0 aromatic heterocycles. The molecule has 2 aliphatic heterocycles. The molecule has 0 N–H and O–H groups in total. The maximum atomic E-state index is 13.3. The number of carbonyl (C=O) groups is 3. The number of carbonyl (C=O) groups excluding carboxylic acids is 3. The Hall–Kier alpha value is -3.35. The Morgan fingerprint density at radius 3 is 2.44 bits per heavy atom. The molecule has 3 aliphatic rings. The molecule has 0 unspecified atom stereocenters. The van der Waals surface area contributed by atoms with Crippen LogP contribution in [0.15, 0.2) is 54.6 Å². The van der Waals surface area contributed by atoms with E-state index in [2.05, 4.69) is 0 Å². The first-order valence-electron chi connectivity index (χ1n) is 13.2. The van der Waals surface area contributed by atoms with E-state index in [0.29, 0.717) is 42.2 Å². The molecular formula is C29H34N2O5. The average Bonchev–Trinajstić information content (AvgIpc) is 3.65. The second-order valence-electron chi connectivity index (χ2n) is 9.97. The maximum absolute atomic E-state index is 13.3. The van der Waals surface area contributed by atoms with Gasteiger partial charge >= 0.3 is 6.09 Å². The van der Waals surface area contributed by atoms with Gasteiger partial charge in [-0.25, -0.2) is 4.79 Å². The van der Waals surface area contributed by atoms with E-state index in [9.17, 15) is 14.4 Å². The third kappa shape index (κ3) is 5.25. The number of hydrogen-bond donors (Lipinski definition) is 0. The predicted octanol–water partition coefficient (Wildman–Crippen LogP) is 5.04. The van der Waals surface area contributed by atoms with Gasteiger partial charge in [0.2, 0.25) is 5.91 Å². The normalized spacial score (nSPS) is 22.9. The number of ketones is 1.